The summed E-state index contributed by atoms with van der Waals surface area (Å²) in [6.07, 6.45) is 0.215. The van der Waals surface area contributed by atoms with Crippen molar-refractivity contribution in [3.63, 3.8) is 0 Å². The lowest BCUT2D eigenvalue weighted by Crippen LogP contribution is -2.77. The molecule has 200 valence electrons. The molecule has 2 fully saturated rings. The predicted octanol–water partition coefficient (Wildman–Crippen LogP) is -1.28. The van der Waals surface area contributed by atoms with Crippen LogP contribution >= 0.6 is 0 Å². The zero-order valence-corrected chi connectivity index (χ0v) is 21.9. The normalized spacial score (nSPS) is 33.3. The number of nitrogens with two attached hydrogens (primary N) is 1. The molecule has 0 heterocycles. The fraction of sp³-hybridized carbons (Fsp3) is 0.577. The van der Waals surface area contributed by atoms with Gasteiger partial charge in [-0.25, -0.2) is 0 Å². The second-order valence-corrected chi connectivity index (χ2v) is 11.2. The Labute approximate surface area is 215 Å². The topological polar surface area (TPSA) is 162 Å². The number of amides is 1. The Morgan fingerprint density at radius 3 is 2.19 bits per heavy atom. The fourth-order valence-electron chi connectivity index (χ4n) is 6.88. The van der Waals surface area contributed by atoms with Gasteiger partial charge in [-0.05, 0) is 64.1 Å². The smallest absolute Gasteiger partial charge is 0.235 e. The molecule has 11 nitrogen and oxygen atoms in total. The highest BCUT2D eigenvalue weighted by Crippen LogP contribution is 2.54. The number of likely N-dealkylation sites (N-methyl/N-ethyl adjacent to an activating group) is 1. The standard InChI is InChI=1S/C26H34N4O7/c1-28(2)10-13-11-9-12-14(29(3)4)7-8-15(31)16(12)21(32)17(11)23(34)26(37)19(13)20(30(5)6)22(33)18(24(26)35)25(27)36/h7-8,11,13,17-20,31,37H,9-10H2,1-6H3,(H2,27,36)/t11-,13+,17?,18?,19-,20-,26-/m0/s1. The second-order valence-electron chi connectivity index (χ2n) is 11.2. The van der Waals surface area contributed by atoms with E-state index in [9.17, 15) is 34.2 Å². The number of phenols is 1. The van der Waals surface area contributed by atoms with E-state index in [1.54, 1.807) is 48.4 Å². The van der Waals surface area contributed by atoms with Gasteiger partial charge in [-0.1, -0.05) is 0 Å². The Balaban J connectivity index is 2.00. The van der Waals surface area contributed by atoms with Gasteiger partial charge in [-0.15, -0.1) is 0 Å². The van der Waals surface area contributed by atoms with Crippen molar-refractivity contribution in [1.82, 2.24) is 9.80 Å². The lowest BCUT2D eigenvalue weighted by Gasteiger charge is -2.57. The Morgan fingerprint density at radius 2 is 1.68 bits per heavy atom. The molecule has 0 spiro atoms. The van der Waals surface area contributed by atoms with Crippen LogP contribution in [0.1, 0.15) is 15.9 Å². The minimum Gasteiger partial charge on any atom is -0.507 e. The number of benzene rings is 1. The van der Waals surface area contributed by atoms with Gasteiger partial charge in [0.1, 0.15) is 5.75 Å². The van der Waals surface area contributed by atoms with Crippen molar-refractivity contribution in [2.45, 2.75) is 18.1 Å². The van der Waals surface area contributed by atoms with Crippen molar-refractivity contribution in [3.8, 4) is 5.75 Å². The van der Waals surface area contributed by atoms with Crippen molar-refractivity contribution in [3.05, 3.63) is 23.3 Å². The quantitative estimate of drug-likeness (QED) is 0.404. The number of nitrogens with zero attached hydrogens (tertiary/aromatic N) is 3. The van der Waals surface area contributed by atoms with Crippen LogP contribution in [0.5, 0.6) is 5.75 Å². The van der Waals surface area contributed by atoms with Gasteiger partial charge in [0, 0.05) is 32.2 Å². The molecule has 0 bridgehead atoms. The average molecular weight is 515 g/mol. The third-order valence-electron chi connectivity index (χ3n) is 8.27. The molecule has 2 unspecified atom stereocenters. The summed E-state index contributed by atoms with van der Waals surface area (Å²) >= 11 is 0. The number of ketones is 4. The summed E-state index contributed by atoms with van der Waals surface area (Å²) in [6.45, 7) is 0.256. The maximum atomic E-state index is 14.1. The number of aliphatic hydroxyl groups is 1. The molecular formula is C26H34N4O7. The van der Waals surface area contributed by atoms with E-state index in [2.05, 4.69) is 0 Å². The maximum Gasteiger partial charge on any atom is 0.235 e. The van der Waals surface area contributed by atoms with Crippen LogP contribution in [0.3, 0.4) is 0 Å². The van der Waals surface area contributed by atoms with Crippen LogP contribution in [0.15, 0.2) is 12.1 Å². The van der Waals surface area contributed by atoms with Crippen LogP contribution in [0, 0.1) is 29.6 Å². The van der Waals surface area contributed by atoms with Gasteiger partial charge in [0.25, 0.3) is 0 Å². The number of primary amides is 1. The van der Waals surface area contributed by atoms with Crippen molar-refractivity contribution in [1.29, 1.82) is 0 Å². The van der Waals surface area contributed by atoms with E-state index in [4.69, 9.17) is 5.73 Å². The number of rotatable bonds is 5. The molecule has 2 saturated carbocycles. The minimum absolute atomic E-state index is 0.0126. The van der Waals surface area contributed by atoms with Crippen LogP contribution in [0.25, 0.3) is 0 Å². The zero-order valence-electron chi connectivity index (χ0n) is 21.9. The second kappa shape index (κ2) is 9.00. The van der Waals surface area contributed by atoms with Crippen LogP contribution < -0.4 is 10.6 Å². The third-order valence-corrected chi connectivity index (χ3v) is 8.27. The molecule has 1 aromatic carbocycles. The van der Waals surface area contributed by atoms with E-state index < -0.39 is 70.3 Å². The molecule has 3 aliphatic rings. The van der Waals surface area contributed by atoms with Crippen LogP contribution in [0.2, 0.25) is 0 Å². The lowest BCUT2D eigenvalue weighted by molar-refractivity contribution is -0.189. The molecule has 4 rings (SSSR count). The Kier molecular flexibility index (Phi) is 6.54. The first-order valence-electron chi connectivity index (χ1n) is 12.2. The monoisotopic (exact) mass is 514 g/mol. The highest BCUT2D eigenvalue weighted by atomic mass is 16.3. The molecule has 7 atom stereocenters. The minimum atomic E-state index is -2.77. The zero-order chi connectivity index (χ0) is 27.7. The summed E-state index contributed by atoms with van der Waals surface area (Å²) in [6, 6.07) is 1.91. The molecule has 37 heavy (non-hydrogen) atoms. The number of carbonyl (C=O) groups excluding carboxylic acids is 5. The van der Waals surface area contributed by atoms with Crippen LogP contribution in [0.4, 0.5) is 5.69 Å². The number of fused-ring (bicyclic) bond motifs is 3. The molecule has 1 aromatic rings. The molecule has 4 N–H and O–H groups in total. The van der Waals surface area contributed by atoms with E-state index in [0.29, 0.717) is 11.3 Å². The number of hydrogen-bond acceptors (Lipinski definition) is 10. The molecule has 1 amide bonds. The van der Waals surface area contributed by atoms with Gasteiger partial charge in [-0.3, -0.25) is 28.9 Å². The van der Waals surface area contributed by atoms with Crippen molar-refractivity contribution in [2.24, 2.45) is 35.3 Å². The number of phenolic OH excluding ortho intramolecular Hbond substituents is 1. The van der Waals surface area contributed by atoms with Gasteiger partial charge in [0.15, 0.2) is 34.7 Å². The fourth-order valence-corrected chi connectivity index (χ4v) is 6.88. The Hall–Kier alpha value is -3.15. The van der Waals surface area contributed by atoms with E-state index >= 15 is 0 Å². The summed E-state index contributed by atoms with van der Waals surface area (Å²) < 4.78 is 0. The van der Waals surface area contributed by atoms with Crippen molar-refractivity contribution < 1.29 is 34.2 Å². The van der Waals surface area contributed by atoms with Crippen LogP contribution in [-0.2, 0) is 25.6 Å². The number of Topliss-reactive ketones (excluding diaryl/α,β-unsaturated/α-hetero) is 4. The summed E-state index contributed by atoms with van der Waals surface area (Å²) in [7, 11) is 10.3. The van der Waals surface area contributed by atoms with Crippen molar-refractivity contribution in [2.75, 3.05) is 53.7 Å². The molecular weight excluding hydrogens is 480 g/mol. The summed E-state index contributed by atoms with van der Waals surface area (Å²) in [5.74, 6) is -11.3. The largest absolute Gasteiger partial charge is 0.507 e. The van der Waals surface area contributed by atoms with E-state index in [-0.39, 0.29) is 24.3 Å². The average Bonchev–Trinajstić information content (AvgIpc) is 2.77. The number of aromatic hydroxyl groups is 1. The highest BCUT2D eigenvalue weighted by Gasteiger charge is 2.72. The number of hydrogen-bond donors (Lipinski definition) is 3. The Bertz CT molecular complexity index is 1210. The lowest BCUT2D eigenvalue weighted by atomic mass is 9.48. The molecule has 11 heteroatoms. The summed E-state index contributed by atoms with van der Waals surface area (Å²) in [4.78, 5) is 72.3. The number of anilines is 1. The van der Waals surface area contributed by atoms with E-state index in [0.717, 1.165) is 0 Å². The predicted molar refractivity (Wildman–Crippen MR) is 133 cm³/mol. The van der Waals surface area contributed by atoms with Gasteiger partial charge in [-0.2, -0.15) is 0 Å². The maximum absolute atomic E-state index is 14.1. The van der Waals surface area contributed by atoms with Gasteiger partial charge < -0.3 is 25.7 Å². The number of carbonyl (C=O) groups is 5. The van der Waals surface area contributed by atoms with E-state index in [1.807, 2.05) is 9.80 Å². The van der Waals surface area contributed by atoms with Crippen LogP contribution in [-0.4, -0.2) is 110 Å². The summed E-state index contributed by atoms with van der Waals surface area (Å²) in [5, 5.41) is 22.6. The van der Waals surface area contributed by atoms with Gasteiger partial charge in [0.2, 0.25) is 5.91 Å². The van der Waals surface area contributed by atoms with Gasteiger partial charge >= 0.3 is 0 Å². The van der Waals surface area contributed by atoms with Crippen molar-refractivity contribution >= 4 is 34.7 Å². The Morgan fingerprint density at radius 1 is 1.05 bits per heavy atom. The SMILES string of the molecule is CN(C)C[C@H]1[C@H]2[C@H](N(C)C)C(=O)C(C(N)=O)C(=O)[C@@]2(O)C(=O)C2C(=O)c3c(O)ccc(N(C)C)c3C[C@H]21. The molecule has 0 saturated heterocycles. The van der Waals surface area contributed by atoms with Gasteiger partial charge in [0.05, 0.1) is 17.5 Å². The first-order valence-corrected chi connectivity index (χ1v) is 12.2. The molecule has 3 aliphatic carbocycles. The van der Waals surface area contributed by atoms with E-state index in [1.165, 1.54) is 11.0 Å². The summed E-state index contributed by atoms with van der Waals surface area (Å²) in [5.41, 5.74) is 3.89. The molecule has 0 aliphatic heterocycles. The third kappa shape index (κ3) is 3.71. The first kappa shape index (κ1) is 26.9. The first-order chi connectivity index (χ1) is 17.2. The molecule has 0 radical (unpaired) electrons. The highest BCUT2D eigenvalue weighted by molar-refractivity contribution is 6.32. The molecule has 0 aromatic heterocycles.